The van der Waals surface area contributed by atoms with Crippen LogP contribution in [0.3, 0.4) is 0 Å². The summed E-state index contributed by atoms with van der Waals surface area (Å²) in [4.78, 5) is 28.5. The summed E-state index contributed by atoms with van der Waals surface area (Å²) < 4.78 is 0. The minimum Gasteiger partial charge on any atom is -0.369 e. The van der Waals surface area contributed by atoms with Crippen molar-refractivity contribution in [3.63, 3.8) is 0 Å². The number of nitrogens with one attached hydrogen (secondary N) is 1. The van der Waals surface area contributed by atoms with E-state index in [2.05, 4.69) is 31.0 Å². The molecule has 0 aromatic heterocycles. The summed E-state index contributed by atoms with van der Waals surface area (Å²) in [6.07, 6.45) is 1.52. The number of rotatable bonds is 7. The molecule has 1 fully saturated rings. The highest BCUT2D eigenvalue weighted by molar-refractivity contribution is 5.95. The number of carbonyl (C=O) groups excluding carboxylic acids is 2. The number of hydrogen-bond acceptors (Lipinski definition) is 3. The van der Waals surface area contributed by atoms with Crippen LogP contribution in [0.2, 0.25) is 0 Å². The van der Waals surface area contributed by atoms with Gasteiger partial charge in [0, 0.05) is 49.0 Å². The van der Waals surface area contributed by atoms with Crippen LogP contribution in [0, 0.1) is 0 Å². The highest BCUT2D eigenvalue weighted by Gasteiger charge is 2.21. The molecule has 1 N–H and O–H groups in total. The topological polar surface area (TPSA) is 52.7 Å². The molecule has 5 nitrogen and oxygen atoms in total. The predicted octanol–water partition coefficient (Wildman–Crippen LogP) is 3.98. The van der Waals surface area contributed by atoms with E-state index in [0.29, 0.717) is 24.6 Å². The lowest BCUT2D eigenvalue weighted by Gasteiger charge is -2.27. The Hall–Kier alpha value is -2.82. The Bertz CT molecular complexity index is 830. The number of hydrogen-bond donors (Lipinski definition) is 1. The molecule has 0 saturated carbocycles. The van der Waals surface area contributed by atoms with Gasteiger partial charge in [0.2, 0.25) is 5.91 Å². The highest BCUT2D eigenvalue weighted by atomic mass is 16.2. The molecule has 1 aliphatic rings. The van der Waals surface area contributed by atoms with Crippen LogP contribution >= 0.6 is 0 Å². The number of anilines is 2. The number of benzene rings is 2. The van der Waals surface area contributed by atoms with Gasteiger partial charge in [0.05, 0.1) is 0 Å². The van der Waals surface area contributed by atoms with Crippen molar-refractivity contribution in [2.45, 2.75) is 46.2 Å². The zero-order valence-corrected chi connectivity index (χ0v) is 16.9. The van der Waals surface area contributed by atoms with Crippen molar-refractivity contribution in [2.75, 3.05) is 22.9 Å². The smallest absolute Gasteiger partial charge is 0.251 e. The van der Waals surface area contributed by atoms with Crippen molar-refractivity contribution < 1.29 is 9.59 Å². The highest BCUT2D eigenvalue weighted by Crippen LogP contribution is 2.22. The molecule has 2 aromatic rings. The third-order valence-electron chi connectivity index (χ3n) is 5.17. The fourth-order valence-corrected chi connectivity index (χ4v) is 3.69. The van der Waals surface area contributed by atoms with Gasteiger partial charge in [0.15, 0.2) is 0 Å². The van der Waals surface area contributed by atoms with Crippen molar-refractivity contribution in [1.82, 2.24) is 5.32 Å². The molecule has 1 aliphatic heterocycles. The Morgan fingerprint density at radius 1 is 1.18 bits per heavy atom. The van der Waals surface area contributed by atoms with E-state index in [1.54, 1.807) is 0 Å². The van der Waals surface area contributed by atoms with Crippen molar-refractivity contribution in [2.24, 2.45) is 0 Å². The molecule has 0 bridgehead atoms. The summed E-state index contributed by atoms with van der Waals surface area (Å²) in [6, 6.07) is 16.0. The minimum atomic E-state index is -0.0956. The van der Waals surface area contributed by atoms with Gasteiger partial charge in [0.1, 0.15) is 0 Å². The lowest BCUT2D eigenvalue weighted by Crippen LogP contribution is -2.30. The molecule has 0 spiro atoms. The fraction of sp³-hybridized carbons (Fsp3) is 0.391. The van der Waals surface area contributed by atoms with Gasteiger partial charge in [-0.1, -0.05) is 12.1 Å². The molecule has 5 heteroatoms. The third-order valence-corrected chi connectivity index (χ3v) is 5.17. The Balaban J connectivity index is 1.62. The molecule has 1 saturated heterocycles. The summed E-state index contributed by atoms with van der Waals surface area (Å²) in [5.41, 5.74) is 3.66. The van der Waals surface area contributed by atoms with Crippen LogP contribution in [0.4, 0.5) is 11.4 Å². The Morgan fingerprint density at radius 3 is 2.54 bits per heavy atom. The van der Waals surface area contributed by atoms with Gasteiger partial charge in [-0.25, -0.2) is 0 Å². The molecule has 2 aromatic carbocycles. The quantitative estimate of drug-likeness (QED) is 0.792. The van der Waals surface area contributed by atoms with E-state index in [-0.39, 0.29) is 11.8 Å². The Kier molecular flexibility index (Phi) is 6.34. The monoisotopic (exact) mass is 379 g/mol. The maximum atomic E-state index is 12.5. The van der Waals surface area contributed by atoms with E-state index in [0.717, 1.165) is 36.4 Å². The van der Waals surface area contributed by atoms with Gasteiger partial charge >= 0.3 is 0 Å². The first-order chi connectivity index (χ1) is 13.5. The molecule has 28 heavy (non-hydrogen) atoms. The maximum Gasteiger partial charge on any atom is 0.251 e. The van der Waals surface area contributed by atoms with Crippen molar-refractivity contribution in [3.05, 3.63) is 59.7 Å². The van der Waals surface area contributed by atoms with Gasteiger partial charge in [-0.05, 0) is 69.2 Å². The van der Waals surface area contributed by atoms with Gasteiger partial charge in [-0.3, -0.25) is 9.59 Å². The van der Waals surface area contributed by atoms with Gasteiger partial charge in [-0.2, -0.15) is 0 Å². The molecule has 0 unspecified atom stereocenters. The third kappa shape index (κ3) is 4.53. The maximum absolute atomic E-state index is 12.5. The first-order valence-electron chi connectivity index (χ1n) is 10.0. The number of carbonyl (C=O) groups is 2. The number of amides is 2. The van der Waals surface area contributed by atoms with Gasteiger partial charge in [0.25, 0.3) is 5.91 Å². The van der Waals surface area contributed by atoms with Crippen LogP contribution in [0.25, 0.3) is 0 Å². The molecule has 148 valence electrons. The normalized spacial score (nSPS) is 13.9. The first kappa shape index (κ1) is 19.9. The fourth-order valence-electron chi connectivity index (χ4n) is 3.69. The molecule has 3 rings (SSSR count). The average Bonchev–Trinajstić information content (AvgIpc) is 3.13. The lowest BCUT2D eigenvalue weighted by atomic mass is 10.1. The molecule has 0 radical (unpaired) electrons. The van der Waals surface area contributed by atoms with Crippen molar-refractivity contribution >= 4 is 23.2 Å². The van der Waals surface area contributed by atoms with E-state index in [9.17, 15) is 9.59 Å². The Labute approximate surface area is 167 Å². The van der Waals surface area contributed by atoms with Crippen LogP contribution in [-0.4, -0.2) is 30.9 Å². The molecular formula is C23H29N3O2. The van der Waals surface area contributed by atoms with E-state index >= 15 is 0 Å². The molecule has 0 aliphatic carbocycles. The van der Waals surface area contributed by atoms with E-state index in [4.69, 9.17) is 0 Å². The predicted molar refractivity (Wildman–Crippen MR) is 114 cm³/mol. The number of nitrogens with zero attached hydrogens (tertiary/aromatic N) is 2. The zero-order chi connectivity index (χ0) is 20.1. The van der Waals surface area contributed by atoms with Gasteiger partial charge in [-0.15, -0.1) is 0 Å². The van der Waals surface area contributed by atoms with Crippen LogP contribution in [0.1, 0.15) is 49.5 Å². The van der Waals surface area contributed by atoms with E-state index in [1.165, 1.54) is 0 Å². The minimum absolute atomic E-state index is 0.0956. The summed E-state index contributed by atoms with van der Waals surface area (Å²) in [7, 11) is 0. The second-order valence-corrected chi connectivity index (χ2v) is 7.43. The summed E-state index contributed by atoms with van der Waals surface area (Å²) in [6.45, 7) is 8.58. The van der Waals surface area contributed by atoms with E-state index < -0.39 is 0 Å². The molecular weight excluding hydrogens is 350 g/mol. The second-order valence-electron chi connectivity index (χ2n) is 7.43. The van der Waals surface area contributed by atoms with Crippen LogP contribution < -0.4 is 15.1 Å². The van der Waals surface area contributed by atoms with Crippen molar-refractivity contribution in [1.29, 1.82) is 0 Å². The average molecular weight is 380 g/mol. The van der Waals surface area contributed by atoms with Gasteiger partial charge < -0.3 is 15.1 Å². The SMILES string of the molecule is CCN(c1ccc(C(=O)NCc2cccc(N3CCCC3=O)c2)cc1)C(C)C. The van der Waals surface area contributed by atoms with Crippen LogP contribution in [-0.2, 0) is 11.3 Å². The van der Waals surface area contributed by atoms with Crippen LogP contribution in [0.15, 0.2) is 48.5 Å². The van der Waals surface area contributed by atoms with E-state index in [1.807, 2.05) is 53.4 Å². The molecule has 2 amide bonds. The summed E-state index contributed by atoms with van der Waals surface area (Å²) >= 11 is 0. The first-order valence-corrected chi connectivity index (χ1v) is 10.0. The standard InChI is InChI=1S/C23H29N3O2/c1-4-25(17(2)3)20-12-10-19(11-13-20)23(28)24-16-18-7-5-8-21(15-18)26-14-6-9-22(26)27/h5,7-8,10-13,15,17H,4,6,9,14,16H2,1-3H3,(H,24,28). The zero-order valence-electron chi connectivity index (χ0n) is 16.9. The van der Waals surface area contributed by atoms with Crippen LogP contribution in [0.5, 0.6) is 0 Å². The molecule has 0 atom stereocenters. The largest absolute Gasteiger partial charge is 0.369 e. The lowest BCUT2D eigenvalue weighted by molar-refractivity contribution is -0.117. The Morgan fingerprint density at radius 2 is 1.93 bits per heavy atom. The summed E-state index contributed by atoms with van der Waals surface area (Å²) in [5.74, 6) is 0.0746. The molecule has 1 heterocycles. The van der Waals surface area contributed by atoms with Crippen molar-refractivity contribution in [3.8, 4) is 0 Å². The summed E-state index contributed by atoms with van der Waals surface area (Å²) in [5, 5.41) is 2.97. The second kappa shape index (κ2) is 8.91.